The maximum atomic E-state index is 12.3. The third-order valence-electron chi connectivity index (χ3n) is 5.67. The van der Waals surface area contributed by atoms with Gasteiger partial charge in [-0.2, -0.15) is 5.10 Å². The topological polar surface area (TPSA) is 73.1 Å². The lowest BCUT2D eigenvalue weighted by atomic mass is 10.1. The average molecular weight is 434 g/mol. The van der Waals surface area contributed by atoms with E-state index in [0.717, 1.165) is 41.8 Å². The molecule has 0 spiro atoms. The van der Waals surface area contributed by atoms with Gasteiger partial charge in [0.25, 0.3) is 0 Å². The van der Waals surface area contributed by atoms with Crippen molar-refractivity contribution in [2.24, 2.45) is 0 Å². The van der Waals surface area contributed by atoms with Crippen molar-refractivity contribution in [3.63, 3.8) is 0 Å². The van der Waals surface area contributed by atoms with Crippen LogP contribution in [0.4, 0.5) is 4.79 Å². The van der Waals surface area contributed by atoms with E-state index >= 15 is 0 Å². The van der Waals surface area contributed by atoms with E-state index in [0.29, 0.717) is 13.1 Å². The predicted octanol–water partition coefficient (Wildman–Crippen LogP) is 5.14. The molecule has 1 aliphatic heterocycles. The monoisotopic (exact) mass is 433 g/mol. The number of aryl methyl sites for hydroxylation is 1. The largest absolute Gasteiger partial charge is 0.444 e. The van der Waals surface area contributed by atoms with Crippen molar-refractivity contribution in [1.82, 2.24) is 24.6 Å². The van der Waals surface area contributed by atoms with Crippen LogP contribution >= 0.6 is 0 Å². The Kier molecular flexibility index (Phi) is 6.26. The number of rotatable bonds is 4. The zero-order valence-corrected chi connectivity index (χ0v) is 19.3. The zero-order chi connectivity index (χ0) is 22.7. The molecule has 3 aromatic rings. The molecule has 0 unspecified atom stereocenters. The third kappa shape index (κ3) is 5.15. The van der Waals surface area contributed by atoms with Gasteiger partial charge in [-0.15, -0.1) is 0 Å². The molecule has 1 aromatic carbocycles. The molecule has 4 rings (SSSR count). The summed E-state index contributed by atoms with van der Waals surface area (Å²) in [6, 6.07) is 8.60. The molecular weight excluding hydrogens is 402 g/mol. The van der Waals surface area contributed by atoms with Crippen molar-refractivity contribution >= 4 is 6.09 Å². The molecule has 1 fully saturated rings. The van der Waals surface area contributed by atoms with Crippen LogP contribution in [0, 0.1) is 0 Å². The summed E-state index contributed by atoms with van der Waals surface area (Å²) in [4.78, 5) is 23.2. The van der Waals surface area contributed by atoms with E-state index in [1.54, 1.807) is 4.90 Å². The van der Waals surface area contributed by atoms with Gasteiger partial charge in [-0.1, -0.05) is 25.1 Å². The lowest BCUT2D eigenvalue weighted by Gasteiger charge is -2.33. The molecule has 0 N–H and O–H groups in total. The molecule has 0 bridgehead atoms. The Morgan fingerprint density at radius 3 is 2.44 bits per heavy atom. The van der Waals surface area contributed by atoms with Crippen LogP contribution in [-0.2, 0) is 11.2 Å². The highest BCUT2D eigenvalue weighted by atomic mass is 16.6. The number of likely N-dealkylation sites (tertiary alicyclic amines) is 1. The Labute approximate surface area is 189 Å². The van der Waals surface area contributed by atoms with Crippen molar-refractivity contribution in [3.8, 4) is 22.5 Å². The lowest BCUT2D eigenvalue weighted by Crippen LogP contribution is -2.42. The fourth-order valence-electron chi connectivity index (χ4n) is 3.88. The van der Waals surface area contributed by atoms with Crippen molar-refractivity contribution in [3.05, 3.63) is 54.6 Å². The molecule has 0 radical (unpaired) electrons. The molecule has 1 aliphatic rings. The second-order valence-electron chi connectivity index (χ2n) is 9.26. The van der Waals surface area contributed by atoms with Crippen LogP contribution in [0.25, 0.3) is 22.5 Å². The maximum Gasteiger partial charge on any atom is 0.410 e. The summed E-state index contributed by atoms with van der Waals surface area (Å²) in [7, 11) is 0. The number of amides is 1. The number of hydrogen-bond donors (Lipinski definition) is 0. The van der Waals surface area contributed by atoms with E-state index in [2.05, 4.69) is 34.1 Å². The fraction of sp³-hybridized carbons (Fsp3) is 0.440. The number of aromatic nitrogens is 4. The van der Waals surface area contributed by atoms with Crippen molar-refractivity contribution in [1.29, 1.82) is 0 Å². The number of ether oxygens (including phenoxy) is 1. The first-order chi connectivity index (χ1) is 15.3. The van der Waals surface area contributed by atoms with Crippen molar-refractivity contribution < 1.29 is 9.53 Å². The SMILES string of the molecule is CCc1cccc(-c2ncc(-c3cnn(C4CCN(C(=O)OC(C)(C)C)CC4)c3)cn2)c1. The van der Waals surface area contributed by atoms with Gasteiger partial charge in [-0.3, -0.25) is 4.68 Å². The van der Waals surface area contributed by atoms with Crippen LogP contribution in [0.15, 0.2) is 49.1 Å². The molecule has 1 saturated heterocycles. The van der Waals surface area contributed by atoms with Crippen LogP contribution in [0.2, 0.25) is 0 Å². The van der Waals surface area contributed by atoms with Gasteiger partial charge in [0.05, 0.1) is 12.2 Å². The number of hydrogen-bond acceptors (Lipinski definition) is 5. The van der Waals surface area contributed by atoms with Gasteiger partial charge in [0, 0.05) is 48.4 Å². The first-order valence-electron chi connectivity index (χ1n) is 11.3. The van der Waals surface area contributed by atoms with E-state index in [1.165, 1.54) is 5.56 Å². The molecule has 0 aliphatic carbocycles. The Hall–Kier alpha value is -3.22. The second-order valence-corrected chi connectivity index (χ2v) is 9.26. The van der Waals surface area contributed by atoms with Gasteiger partial charge < -0.3 is 9.64 Å². The molecule has 0 saturated carbocycles. The minimum Gasteiger partial charge on any atom is -0.444 e. The molecule has 32 heavy (non-hydrogen) atoms. The Balaban J connectivity index is 1.39. The smallest absolute Gasteiger partial charge is 0.410 e. The van der Waals surface area contributed by atoms with E-state index < -0.39 is 5.60 Å². The van der Waals surface area contributed by atoms with Crippen LogP contribution in [-0.4, -0.2) is 49.4 Å². The number of piperidine rings is 1. The van der Waals surface area contributed by atoms with Gasteiger partial charge >= 0.3 is 6.09 Å². The van der Waals surface area contributed by atoms with E-state index in [9.17, 15) is 4.79 Å². The normalized spacial score (nSPS) is 15.1. The fourth-order valence-corrected chi connectivity index (χ4v) is 3.88. The van der Waals surface area contributed by atoms with Gasteiger partial charge in [-0.25, -0.2) is 14.8 Å². The highest BCUT2D eigenvalue weighted by Crippen LogP contribution is 2.26. The molecule has 7 nitrogen and oxygen atoms in total. The van der Waals surface area contributed by atoms with Crippen LogP contribution in [0.1, 0.15) is 52.1 Å². The lowest BCUT2D eigenvalue weighted by molar-refractivity contribution is 0.0185. The second kappa shape index (κ2) is 9.10. The number of carbonyl (C=O) groups is 1. The molecular formula is C25H31N5O2. The van der Waals surface area contributed by atoms with Crippen LogP contribution in [0.5, 0.6) is 0 Å². The molecule has 168 valence electrons. The zero-order valence-electron chi connectivity index (χ0n) is 19.3. The van der Waals surface area contributed by atoms with E-state index in [1.807, 2.05) is 62.4 Å². The highest BCUT2D eigenvalue weighted by molar-refractivity contribution is 5.68. The van der Waals surface area contributed by atoms with Crippen molar-refractivity contribution in [2.45, 2.75) is 58.6 Å². The van der Waals surface area contributed by atoms with Gasteiger partial charge in [0.15, 0.2) is 5.82 Å². The third-order valence-corrected chi connectivity index (χ3v) is 5.67. The summed E-state index contributed by atoms with van der Waals surface area (Å²) in [6.07, 6.45) is 10.1. The standard InChI is InChI=1S/C25H31N5O2/c1-5-18-7-6-8-19(13-18)23-26-14-20(15-27-23)21-16-28-30(17-21)22-9-11-29(12-10-22)24(31)32-25(2,3)4/h6-8,13-17,22H,5,9-12H2,1-4H3. The molecule has 2 aromatic heterocycles. The Bertz CT molecular complexity index is 1060. The maximum absolute atomic E-state index is 12.3. The number of benzene rings is 1. The summed E-state index contributed by atoms with van der Waals surface area (Å²) in [5, 5.41) is 4.58. The summed E-state index contributed by atoms with van der Waals surface area (Å²) < 4.78 is 7.49. The number of carbonyl (C=O) groups excluding carboxylic acids is 1. The molecule has 7 heteroatoms. The average Bonchev–Trinajstić information content (AvgIpc) is 3.28. The molecule has 1 amide bonds. The minimum atomic E-state index is -0.471. The minimum absolute atomic E-state index is 0.237. The summed E-state index contributed by atoms with van der Waals surface area (Å²) >= 11 is 0. The van der Waals surface area contributed by atoms with Crippen LogP contribution in [0.3, 0.4) is 0 Å². The van der Waals surface area contributed by atoms with E-state index in [4.69, 9.17) is 4.74 Å². The first kappa shape index (κ1) is 22.0. The van der Waals surface area contributed by atoms with Gasteiger partial charge in [0.2, 0.25) is 0 Å². The quantitative estimate of drug-likeness (QED) is 0.569. The predicted molar refractivity (Wildman–Crippen MR) is 124 cm³/mol. The first-order valence-corrected chi connectivity index (χ1v) is 11.3. The van der Waals surface area contributed by atoms with Gasteiger partial charge in [-0.05, 0) is 51.7 Å². The Morgan fingerprint density at radius 2 is 1.78 bits per heavy atom. The molecule has 0 atom stereocenters. The van der Waals surface area contributed by atoms with Gasteiger partial charge in [0.1, 0.15) is 5.60 Å². The van der Waals surface area contributed by atoms with Crippen LogP contribution < -0.4 is 0 Å². The Morgan fingerprint density at radius 1 is 1.06 bits per heavy atom. The summed E-state index contributed by atoms with van der Waals surface area (Å²) in [5.74, 6) is 0.728. The highest BCUT2D eigenvalue weighted by Gasteiger charge is 2.27. The summed E-state index contributed by atoms with van der Waals surface area (Å²) in [6.45, 7) is 9.15. The van der Waals surface area contributed by atoms with E-state index in [-0.39, 0.29) is 12.1 Å². The molecule has 3 heterocycles. The summed E-state index contributed by atoms with van der Waals surface area (Å²) in [5.41, 5.74) is 3.77. The number of nitrogens with zero attached hydrogens (tertiary/aromatic N) is 5. The van der Waals surface area contributed by atoms with Crippen molar-refractivity contribution in [2.75, 3.05) is 13.1 Å².